The molecular formula is C14H15ClN2O2S. The summed E-state index contributed by atoms with van der Waals surface area (Å²) in [4.78, 5) is 12.8. The highest BCUT2D eigenvalue weighted by Crippen LogP contribution is 2.33. The predicted octanol–water partition coefficient (Wildman–Crippen LogP) is 5.10. The van der Waals surface area contributed by atoms with Crippen molar-refractivity contribution in [2.24, 2.45) is 0 Å². The summed E-state index contributed by atoms with van der Waals surface area (Å²) in [5.74, 6) is 0. The second kappa shape index (κ2) is 5.81. The Labute approximate surface area is 126 Å². The number of aryl methyl sites for hydroxylation is 2. The molecule has 0 amide bonds. The third-order valence-electron chi connectivity index (χ3n) is 3.05. The number of halogens is 1. The van der Waals surface area contributed by atoms with Crippen LogP contribution in [0.25, 0.3) is 0 Å². The highest BCUT2D eigenvalue weighted by molar-refractivity contribution is 7.12. The molecule has 0 bridgehead atoms. The van der Waals surface area contributed by atoms with Crippen LogP contribution in [0.2, 0.25) is 5.02 Å². The SMILES string of the molecule is Cc1ccc(C(C)Nc2cc(Cl)c([N+](=O)[O-])cc2C)s1. The van der Waals surface area contributed by atoms with Gasteiger partial charge in [-0.1, -0.05) is 11.6 Å². The van der Waals surface area contributed by atoms with Gasteiger partial charge in [0.2, 0.25) is 0 Å². The standard InChI is InChI=1S/C14H15ClN2O2S/c1-8-6-13(17(18)19)11(15)7-12(8)16-10(3)14-5-4-9(2)20-14/h4-7,10,16H,1-3H3. The maximum Gasteiger partial charge on any atom is 0.288 e. The van der Waals surface area contributed by atoms with E-state index in [-0.39, 0.29) is 16.8 Å². The Morgan fingerprint density at radius 1 is 1.35 bits per heavy atom. The first-order chi connectivity index (χ1) is 9.38. The zero-order valence-electron chi connectivity index (χ0n) is 11.4. The fourth-order valence-corrected chi connectivity index (χ4v) is 3.06. The van der Waals surface area contributed by atoms with E-state index in [2.05, 4.69) is 31.3 Å². The smallest absolute Gasteiger partial charge is 0.288 e. The van der Waals surface area contributed by atoms with Crippen LogP contribution in [0, 0.1) is 24.0 Å². The van der Waals surface area contributed by atoms with Gasteiger partial charge in [-0.2, -0.15) is 0 Å². The van der Waals surface area contributed by atoms with Crippen LogP contribution in [0.3, 0.4) is 0 Å². The monoisotopic (exact) mass is 310 g/mol. The van der Waals surface area contributed by atoms with E-state index in [0.717, 1.165) is 11.3 Å². The summed E-state index contributed by atoms with van der Waals surface area (Å²) >= 11 is 7.68. The molecule has 1 atom stereocenters. The van der Waals surface area contributed by atoms with E-state index in [0.29, 0.717) is 0 Å². The first kappa shape index (κ1) is 14.8. The van der Waals surface area contributed by atoms with Gasteiger partial charge >= 0.3 is 0 Å². The first-order valence-corrected chi connectivity index (χ1v) is 7.35. The lowest BCUT2D eigenvalue weighted by Crippen LogP contribution is -2.06. The van der Waals surface area contributed by atoms with Crippen LogP contribution in [-0.4, -0.2) is 4.92 Å². The predicted molar refractivity (Wildman–Crippen MR) is 83.9 cm³/mol. The highest BCUT2D eigenvalue weighted by atomic mass is 35.5. The molecule has 1 heterocycles. The lowest BCUT2D eigenvalue weighted by molar-refractivity contribution is -0.384. The summed E-state index contributed by atoms with van der Waals surface area (Å²) in [5.41, 5.74) is 1.56. The lowest BCUT2D eigenvalue weighted by Gasteiger charge is -2.16. The second-order valence-electron chi connectivity index (χ2n) is 4.69. The molecule has 1 N–H and O–H groups in total. The maximum absolute atomic E-state index is 10.8. The molecule has 0 aliphatic rings. The number of benzene rings is 1. The summed E-state index contributed by atoms with van der Waals surface area (Å²) < 4.78 is 0. The van der Waals surface area contributed by atoms with Crippen molar-refractivity contribution in [3.05, 3.63) is 54.7 Å². The number of rotatable bonds is 4. The molecular weight excluding hydrogens is 296 g/mol. The Morgan fingerprint density at radius 3 is 2.60 bits per heavy atom. The molecule has 2 aromatic rings. The number of hydrogen-bond acceptors (Lipinski definition) is 4. The number of anilines is 1. The van der Waals surface area contributed by atoms with Crippen LogP contribution in [0.5, 0.6) is 0 Å². The third-order valence-corrected chi connectivity index (χ3v) is 4.54. The molecule has 1 unspecified atom stereocenters. The van der Waals surface area contributed by atoms with E-state index in [4.69, 9.17) is 11.6 Å². The first-order valence-electron chi connectivity index (χ1n) is 6.16. The minimum absolute atomic E-state index is 0.0608. The van der Waals surface area contributed by atoms with Crippen molar-refractivity contribution in [2.75, 3.05) is 5.32 Å². The number of thiophene rings is 1. The Hall–Kier alpha value is -1.59. The molecule has 4 nitrogen and oxygen atoms in total. The number of nitro benzene ring substituents is 1. The van der Waals surface area contributed by atoms with Crippen LogP contribution >= 0.6 is 22.9 Å². The van der Waals surface area contributed by atoms with Gasteiger partial charge < -0.3 is 5.32 Å². The molecule has 6 heteroatoms. The second-order valence-corrected chi connectivity index (χ2v) is 6.42. The molecule has 0 aliphatic carbocycles. The molecule has 0 saturated heterocycles. The van der Waals surface area contributed by atoms with Crippen molar-refractivity contribution in [3.8, 4) is 0 Å². The maximum atomic E-state index is 10.8. The summed E-state index contributed by atoms with van der Waals surface area (Å²) in [7, 11) is 0. The van der Waals surface area contributed by atoms with Gasteiger partial charge in [0, 0.05) is 21.5 Å². The van der Waals surface area contributed by atoms with Crippen LogP contribution in [0.1, 0.15) is 28.3 Å². The Bertz CT molecular complexity index is 655. The molecule has 0 radical (unpaired) electrons. The van der Waals surface area contributed by atoms with Gasteiger partial charge in [0.1, 0.15) is 5.02 Å². The van der Waals surface area contributed by atoms with Crippen molar-refractivity contribution in [3.63, 3.8) is 0 Å². The Morgan fingerprint density at radius 2 is 2.05 bits per heavy atom. The average Bonchev–Trinajstić information content (AvgIpc) is 2.79. The molecule has 1 aromatic heterocycles. The molecule has 2 rings (SSSR count). The number of hydrogen-bond donors (Lipinski definition) is 1. The van der Waals surface area contributed by atoms with Gasteiger partial charge in [0.25, 0.3) is 5.69 Å². The van der Waals surface area contributed by atoms with Crippen molar-refractivity contribution in [2.45, 2.75) is 26.8 Å². The van der Waals surface area contributed by atoms with Gasteiger partial charge in [-0.15, -0.1) is 11.3 Å². The van der Waals surface area contributed by atoms with E-state index in [1.54, 1.807) is 17.4 Å². The summed E-state index contributed by atoms with van der Waals surface area (Å²) in [6.07, 6.45) is 0. The van der Waals surface area contributed by atoms with Crippen LogP contribution < -0.4 is 5.32 Å². The minimum Gasteiger partial charge on any atom is -0.377 e. The largest absolute Gasteiger partial charge is 0.377 e. The zero-order chi connectivity index (χ0) is 14.9. The normalized spacial score (nSPS) is 12.2. The molecule has 106 valence electrons. The van der Waals surface area contributed by atoms with Gasteiger partial charge in [0.15, 0.2) is 0 Å². The molecule has 0 aliphatic heterocycles. The zero-order valence-corrected chi connectivity index (χ0v) is 13.0. The average molecular weight is 311 g/mol. The van der Waals surface area contributed by atoms with E-state index in [1.807, 2.05) is 6.92 Å². The van der Waals surface area contributed by atoms with Crippen molar-refractivity contribution in [1.29, 1.82) is 0 Å². The number of nitrogens with zero attached hydrogens (tertiary/aromatic N) is 1. The quantitative estimate of drug-likeness (QED) is 0.631. The van der Waals surface area contributed by atoms with Gasteiger partial charge in [-0.05, 0) is 44.5 Å². The fourth-order valence-electron chi connectivity index (χ4n) is 1.95. The third kappa shape index (κ3) is 3.11. The van der Waals surface area contributed by atoms with Gasteiger partial charge in [-0.3, -0.25) is 10.1 Å². The Kier molecular flexibility index (Phi) is 4.30. The van der Waals surface area contributed by atoms with E-state index in [9.17, 15) is 10.1 Å². The topological polar surface area (TPSA) is 55.2 Å². The van der Waals surface area contributed by atoms with Gasteiger partial charge in [-0.25, -0.2) is 0 Å². The molecule has 0 spiro atoms. The van der Waals surface area contributed by atoms with Gasteiger partial charge in [0.05, 0.1) is 11.0 Å². The summed E-state index contributed by atoms with van der Waals surface area (Å²) in [6.45, 7) is 5.95. The molecule has 0 saturated carbocycles. The summed E-state index contributed by atoms with van der Waals surface area (Å²) in [5, 5.41) is 14.3. The van der Waals surface area contributed by atoms with Crippen molar-refractivity contribution in [1.82, 2.24) is 0 Å². The minimum atomic E-state index is -0.467. The Balaban J connectivity index is 2.25. The highest BCUT2D eigenvalue weighted by Gasteiger charge is 2.16. The van der Waals surface area contributed by atoms with Crippen LogP contribution in [-0.2, 0) is 0 Å². The van der Waals surface area contributed by atoms with E-state index < -0.39 is 4.92 Å². The van der Waals surface area contributed by atoms with Crippen LogP contribution in [0.4, 0.5) is 11.4 Å². The molecule has 0 fully saturated rings. The van der Waals surface area contributed by atoms with Crippen LogP contribution in [0.15, 0.2) is 24.3 Å². The number of nitrogens with one attached hydrogen (secondary N) is 1. The van der Waals surface area contributed by atoms with E-state index in [1.165, 1.54) is 15.8 Å². The van der Waals surface area contributed by atoms with Crippen molar-refractivity contribution < 1.29 is 4.92 Å². The molecule has 1 aromatic carbocycles. The summed E-state index contributed by atoms with van der Waals surface area (Å²) in [6, 6.07) is 7.40. The number of nitro groups is 1. The molecule has 20 heavy (non-hydrogen) atoms. The fraction of sp³-hybridized carbons (Fsp3) is 0.286. The van der Waals surface area contributed by atoms with E-state index >= 15 is 0 Å². The van der Waals surface area contributed by atoms with Crippen molar-refractivity contribution >= 4 is 34.3 Å². The lowest BCUT2D eigenvalue weighted by atomic mass is 10.1.